The van der Waals surface area contributed by atoms with Crippen LogP contribution in [-0.4, -0.2) is 6.36 Å². The number of hydrogen-bond acceptors (Lipinski definition) is 1. The summed E-state index contributed by atoms with van der Waals surface area (Å²) < 4.78 is 68.1. The first-order valence-electron chi connectivity index (χ1n) is 11.0. The van der Waals surface area contributed by atoms with Gasteiger partial charge in [-0.1, -0.05) is 68.0 Å². The van der Waals surface area contributed by atoms with Gasteiger partial charge in [-0.3, -0.25) is 0 Å². The monoisotopic (exact) mass is 468 g/mol. The standard InChI is InChI=1S/C28H21F5O/c1-2-3-4-5-18-8-12-23-21(14-18)10-11-22-15-19(9-13-24(22)23)6-7-20-16-25(29)27(26(30)17-20)34-28(31,32)33/h8-17H,2-5H2,1H3. The van der Waals surface area contributed by atoms with Crippen LogP contribution in [0, 0.1) is 23.5 Å². The molecule has 4 rings (SSSR count). The summed E-state index contributed by atoms with van der Waals surface area (Å²) in [4.78, 5) is 0. The minimum Gasteiger partial charge on any atom is -0.399 e. The third-order valence-electron chi connectivity index (χ3n) is 5.54. The van der Waals surface area contributed by atoms with Crippen molar-refractivity contribution in [2.45, 2.75) is 39.0 Å². The fourth-order valence-electron chi connectivity index (χ4n) is 3.92. The molecule has 0 aliphatic rings. The number of benzene rings is 4. The first kappa shape index (κ1) is 23.6. The Bertz CT molecular complexity index is 1390. The fraction of sp³-hybridized carbons (Fsp3) is 0.214. The second-order valence-corrected chi connectivity index (χ2v) is 8.08. The van der Waals surface area contributed by atoms with Gasteiger partial charge in [0, 0.05) is 11.1 Å². The molecule has 0 saturated carbocycles. The number of alkyl halides is 3. The Morgan fingerprint density at radius 2 is 1.35 bits per heavy atom. The maximum absolute atomic E-state index is 13.9. The van der Waals surface area contributed by atoms with Gasteiger partial charge in [0.25, 0.3) is 0 Å². The molecule has 0 unspecified atom stereocenters. The van der Waals surface area contributed by atoms with Gasteiger partial charge in [0.2, 0.25) is 5.75 Å². The molecule has 6 heteroatoms. The lowest BCUT2D eigenvalue weighted by Crippen LogP contribution is -2.19. The zero-order valence-electron chi connectivity index (χ0n) is 18.4. The third kappa shape index (κ3) is 5.48. The first-order chi connectivity index (χ1) is 16.2. The molecular weight excluding hydrogens is 447 g/mol. The van der Waals surface area contributed by atoms with Crippen LogP contribution in [0.1, 0.15) is 42.9 Å². The minimum atomic E-state index is -5.19. The third-order valence-corrected chi connectivity index (χ3v) is 5.54. The van der Waals surface area contributed by atoms with E-state index in [0.717, 1.165) is 28.0 Å². The van der Waals surface area contributed by atoms with Gasteiger partial charge in [0.05, 0.1) is 0 Å². The predicted molar refractivity (Wildman–Crippen MR) is 124 cm³/mol. The fourth-order valence-corrected chi connectivity index (χ4v) is 3.92. The van der Waals surface area contributed by atoms with Crippen molar-refractivity contribution >= 4 is 21.5 Å². The van der Waals surface area contributed by atoms with Gasteiger partial charge in [-0.25, -0.2) is 8.78 Å². The molecule has 4 aromatic rings. The van der Waals surface area contributed by atoms with Gasteiger partial charge in [-0.15, -0.1) is 13.2 Å². The highest BCUT2D eigenvalue weighted by Gasteiger charge is 2.34. The Morgan fingerprint density at radius 1 is 0.735 bits per heavy atom. The molecule has 174 valence electrons. The normalized spacial score (nSPS) is 11.5. The van der Waals surface area contributed by atoms with Crippen LogP contribution in [0.2, 0.25) is 0 Å². The molecule has 0 aromatic heterocycles. The molecule has 0 heterocycles. The number of unbranched alkanes of at least 4 members (excludes halogenated alkanes) is 2. The van der Waals surface area contributed by atoms with E-state index in [0.29, 0.717) is 17.7 Å². The maximum Gasteiger partial charge on any atom is 0.573 e. The molecule has 0 aliphatic carbocycles. The van der Waals surface area contributed by atoms with Gasteiger partial charge < -0.3 is 4.74 Å². The number of ether oxygens (including phenoxy) is 1. The van der Waals surface area contributed by atoms with E-state index in [2.05, 4.69) is 47.8 Å². The molecule has 1 nitrogen and oxygen atoms in total. The summed E-state index contributed by atoms with van der Waals surface area (Å²) in [6, 6.07) is 17.6. The summed E-state index contributed by atoms with van der Waals surface area (Å²) in [5.74, 6) is 0.975. The van der Waals surface area contributed by atoms with Crippen molar-refractivity contribution in [1.82, 2.24) is 0 Å². The van der Waals surface area contributed by atoms with Crippen LogP contribution in [0.5, 0.6) is 5.75 Å². The van der Waals surface area contributed by atoms with Gasteiger partial charge >= 0.3 is 6.36 Å². The molecule has 4 aromatic carbocycles. The van der Waals surface area contributed by atoms with E-state index in [1.807, 2.05) is 18.2 Å². The van der Waals surface area contributed by atoms with Crippen molar-refractivity contribution in [2.75, 3.05) is 0 Å². The molecular formula is C28H21F5O. The molecule has 0 bridgehead atoms. The highest BCUT2D eigenvalue weighted by atomic mass is 19.4. The van der Waals surface area contributed by atoms with Gasteiger partial charge in [-0.2, -0.15) is 0 Å². The lowest BCUT2D eigenvalue weighted by molar-refractivity contribution is -0.276. The lowest BCUT2D eigenvalue weighted by Gasteiger charge is -2.10. The first-order valence-corrected chi connectivity index (χ1v) is 11.0. The van der Waals surface area contributed by atoms with Gasteiger partial charge in [-0.05, 0) is 64.2 Å². The quantitative estimate of drug-likeness (QED) is 0.124. The van der Waals surface area contributed by atoms with Crippen LogP contribution in [0.3, 0.4) is 0 Å². The zero-order valence-corrected chi connectivity index (χ0v) is 18.4. The summed E-state index contributed by atoms with van der Waals surface area (Å²) in [6.45, 7) is 2.19. The van der Waals surface area contributed by atoms with Gasteiger partial charge in [0.1, 0.15) is 0 Å². The second kappa shape index (κ2) is 9.72. The molecule has 0 saturated heterocycles. The van der Waals surface area contributed by atoms with E-state index in [9.17, 15) is 22.0 Å². The van der Waals surface area contributed by atoms with Crippen LogP contribution < -0.4 is 4.74 Å². The SMILES string of the molecule is CCCCCc1ccc2c(ccc3cc(C#Cc4cc(F)c(OC(F)(F)F)c(F)c4)ccc32)c1. The highest BCUT2D eigenvalue weighted by molar-refractivity contribution is 6.07. The molecule has 0 fully saturated rings. The largest absolute Gasteiger partial charge is 0.573 e. The van der Waals surface area contributed by atoms with E-state index in [1.54, 1.807) is 6.07 Å². The van der Waals surface area contributed by atoms with Crippen LogP contribution in [0.4, 0.5) is 22.0 Å². The molecule has 0 spiro atoms. The molecule has 0 amide bonds. The van der Waals surface area contributed by atoms with Crippen LogP contribution in [0.25, 0.3) is 21.5 Å². The number of rotatable bonds is 5. The van der Waals surface area contributed by atoms with Crippen molar-refractivity contribution in [3.05, 3.63) is 89.0 Å². The van der Waals surface area contributed by atoms with E-state index in [4.69, 9.17) is 0 Å². The maximum atomic E-state index is 13.9. The molecule has 0 atom stereocenters. The van der Waals surface area contributed by atoms with Crippen LogP contribution in [-0.2, 0) is 6.42 Å². The van der Waals surface area contributed by atoms with E-state index < -0.39 is 23.7 Å². The summed E-state index contributed by atoms with van der Waals surface area (Å²) in [5.41, 5.74) is 1.83. The molecule has 0 N–H and O–H groups in total. The summed E-state index contributed by atoms with van der Waals surface area (Å²) in [7, 11) is 0. The Labute approximate surface area is 194 Å². The smallest absolute Gasteiger partial charge is 0.399 e. The number of halogens is 5. The Balaban J connectivity index is 1.60. The van der Waals surface area contributed by atoms with E-state index in [1.165, 1.54) is 24.8 Å². The minimum absolute atomic E-state index is 0.0984. The highest BCUT2D eigenvalue weighted by Crippen LogP contribution is 2.30. The number of hydrogen-bond donors (Lipinski definition) is 0. The topological polar surface area (TPSA) is 9.23 Å². The summed E-state index contributed by atoms with van der Waals surface area (Å²) in [5, 5.41) is 4.31. The Kier molecular flexibility index (Phi) is 6.74. The van der Waals surface area contributed by atoms with Crippen molar-refractivity contribution in [3.63, 3.8) is 0 Å². The van der Waals surface area contributed by atoms with Gasteiger partial charge in [0.15, 0.2) is 11.6 Å². The Morgan fingerprint density at radius 3 is 2.00 bits per heavy atom. The molecule has 0 radical (unpaired) electrons. The van der Waals surface area contributed by atoms with Crippen LogP contribution >= 0.6 is 0 Å². The predicted octanol–water partition coefficient (Wildman–Crippen LogP) is 8.30. The van der Waals surface area contributed by atoms with E-state index in [-0.39, 0.29) is 5.56 Å². The van der Waals surface area contributed by atoms with Crippen molar-refractivity contribution in [3.8, 4) is 17.6 Å². The van der Waals surface area contributed by atoms with Crippen molar-refractivity contribution in [1.29, 1.82) is 0 Å². The average molecular weight is 468 g/mol. The average Bonchev–Trinajstić information content (AvgIpc) is 2.79. The number of fused-ring (bicyclic) bond motifs is 3. The molecule has 0 aliphatic heterocycles. The van der Waals surface area contributed by atoms with E-state index >= 15 is 0 Å². The lowest BCUT2D eigenvalue weighted by atomic mass is 9.97. The zero-order chi connectivity index (χ0) is 24.3. The number of aryl methyl sites for hydroxylation is 1. The Hall–Kier alpha value is -3.59. The van der Waals surface area contributed by atoms with Crippen molar-refractivity contribution in [2.24, 2.45) is 0 Å². The molecule has 34 heavy (non-hydrogen) atoms. The summed E-state index contributed by atoms with van der Waals surface area (Å²) >= 11 is 0. The summed E-state index contributed by atoms with van der Waals surface area (Å²) in [6.07, 6.45) is -0.569. The van der Waals surface area contributed by atoms with Crippen LogP contribution in [0.15, 0.2) is 60.7 Å². The van der Waals surface area contributed by atoms with Crippen molar-refractivity contribution < 1.29 is 26.7 Å². The second-order valence-electron chi connectivity index (χ2n) is 8.08.